The number of nitrogens with zero attached hydrogens (tertiary/aromatic N) is 2. The van der Waals surface area contributed by atoms with E-state index in [9.17, 15) is 9.90 Å². The number of amides is 1. The lowest BCUT2D eigenvalue weighted by Crippen LogP contribution is -2.22. The quantitative estimate of drug-likeness (QED) is 0.214. The van der Waals surface area contributed by atoms with E-state index in [1.54, 1.807) is 24.3 Å². The molecule has 1 atom stereocenters. The Hall–Kier alpha value is -2.61. The van der Waals surface area contributed by atoms with Crippen molar-refractivity contribution in [3.63, 3.8) is 0 Å². The van der Waals surface area contributed by atoms with Crippen molar-refractivity contribution >= 4 is 56.5 Å². The highest BCUT2D eigenvalue weighted by Crippen LogP contribution is 2.38. The van der Waals surface area contributed by atoms with E-state index in [-0.39, 0.29) is 17.3 Å². The molecular weight excluding hydrogens is 438 g/mol. The van der Waals surface area contributed by atoms with E-state index in [2.05, 4.69) is 33.5 Å². The highest BCUT2D eigenvalue weighted by molar-refractivity contribution is 8.00. The van der Waals surface area contributed by atoms with E-state index in [0.717, 1.165) is 25.7 Å². The van der Waals surface area contributed by atoms with Crippen molar-refractivity contribution in [2.45, 2.75) is 24.1 Å². The van der Waals surface area contributed by atoms with Gasteiger partial charge in [-0.05, 0) is 43.7 Å². The first-order valence-electron chi connectivity index (χ1n) is 9.20. The highest BCUT2D eigenvalue weighted by Gasteiger charge is 2.20. The zero-order valence-corrected chi connectivity index (χ0v) is 18.6. The summed E-state index contributed by atoms with van der Waals surface area (Å²) in [4.78, 5) is 23.8. The molecule has 2 heterocycles. The number of aromatic nitrogens is 2. The molecule has 0 spiro atoms. The van der Waals surface area contributed by atoms with Gasteiger partial charge in [-0.25, -0.2) is 9.97 Å². The summed E-state index contributed by atoms with van der Waals surface area (Å²) < 4.78 is 0. The summed E-state index contributed by atoms with van der Waals surface area (Å²) in [6, 6.07) is 16.7. The smallest absolute Gasteiger partial charge is 0.237 e. The minimum absolute atomic E-state index is 0.0319. The summed E-state index contributed by atoms with van der Waals surface area (Å²) in [6.07, 6.45) is 0. The highest BCUT2D eigenvalue weighted by atomic mass is 35.5. The van der Waals surface area contributed by atoms with Gasteiger partial charge in [0.1, 0.15) is 21.4 Å². The van der Waals surface area contributed by atoms with Crippen LogP contribution in [0.2, 0.25) is 5.02 Å². The Balaban J connectivity index is 1.60. The van der Waals surface area contributed by atoms with E-state index in [1.165, 1.54) is 23.9 Å². The molecule has 0 fully saturated rings. The van der Waals surface area contributed by atoms with E-state index >= 15 is 0 Å². The van der Waals surface area contributed by atoms with Gasteiger partial charge in [0.05, 0.1) is 10.9 Å². The number of rotatable bonds is 5. The summed E-state index contributed by atoms with van der Waals surface area (Å²) in [6.45, 7) is 3.65. The average Bonchev–Trinajstić information content (AvgIpc) is 3.15. The van der Waals surface area contributed by atoms with Crippen LogP contribution in [0.3, 0.4) is 0 Å². The molecule has 1 amide bonds. The summed E-state index contributed by atoms with van der Waals surface area (Å²) in [5, 5.41) is 14.4. The Kier molecular flexibility index (Phi) is 5.94. The number of anilines is 1. The maximum atomic E-state index is 12.7. The fraction of sp³-hybridized carbons (Fsp3) is 0.136. The molecular formula is C22H18ClN3O2S2. The molecule has 0 bridgehead atoms. The van der Waals surface area contributed by atoms with Crippen LogP contribution in [0.4, 0.5) is 5.69 Å². The Labute approximate surface area is 187 Å². The normalized spacial score (nSPS) is 12.1. The molecule has 2 aromatic carbocycles. The first-order chi connectivity index (χ1) is 14.4. The Bertz CT molecular complexity index is 1230. The van der Waals surface area contributed by atoms with Crippen molar-refractivity contribution in [3.8, 4) is 16.2 Å². The molecule has 0 aliphatic carbocycles. The Morgan fingerprint density at radius 3 is 2.70 bits per heavy atom. The number of aromatic hydroxyl groups is 1. The standard InChI is InChI=1S/C22H18ClN3O2S2/c1-12(20(28)26-17-10-15(23)8-9-18(17)27)29-21-16-11-19(14-6-4-3-5-7-14)30-22(16)25-13(2)24-21/h3-12,27H,1-2H3,(H,26,28). The van der Waals surface area contributed by atoms with Crippen LogP contribution < -0.4 is 5.32 Å². The van der Waals surface area contributed by atoms with Crippen molar-refractivity contribution in [2.75, 3.05) is 5.32 Å². The monoisotopic (exact) mass is 455 g/mol. The number of thioether (sulfide) groups is 1. The molecule has 0 aliphatic rings. The summed E-state index contributed by atoms with van der Waals surface area (Å²) in [5.41, 5.74) is 1.40. The molecule has 8 heteroatoms. The topological polar surface area (TPSA) is 75.1 Å². The maximum Gasteiger partial charge on any atom is 0.237 e. The zero-order valence-electron chi connectivity index (χ0n) is 16.2. The van der Waals surface area contributed by atoms with Gasteiger partial charge in [-0.15, -0.1) is 11.3 Å². The van der Waals surface area contributed by atoms with Crippen LogP contribution in [-0.4, -0.2) is 26.2 Å². The molecule has 2 N–H and O–H groups in total. The lowest BCUT2D eigenvalue weighted by Gasteiger charge is -2.13. The molecule has 1 unspecified atom stereocenters. The molecule has 152 valence electrons. The first kappa shape index (κ1) is 20.7. The van der Waals surface area contributed by atoms with Gasteiger partial charge < -0.3 is 10.4 Å². The van der Waals surface area contributed by atoms with E-state index in [4.69, 9.17) is 11.6 Å². The molecule has 4 aromatic rings. The van der Waals surface area contributed by atoms with Gasteiger partial charge in [0.25, 0.3) is 0 Å². The third kappa shape index (κ3) is 4.43. The van der Waals surface area contributed by atoms with Gasteiger partial charge in [-0.2, -0.15) is 0 Å². The minimum atomic E-state index is -0.444. The van der Waals surface area contributed by atoms with Crippen LogP contribution in [0.15, 0.2) is 59.6 Å². The SMILES string of the molecule is Cc1nc(SC(C)C(=O)Nc2cc(Cl)ccc2O)c2cc(-c3ccccc3)sc2n1. The van der Waals surface area contributed by atoms with Gasteiger partial charge in [-0.1, -0.05) is 53.7 Å². The fourth-order valence-electron chi connectivity index (χ4n) is 2.90. The number of thiophene rings is 1. The van der Waals surface area contributed by atoms with Gasteiger partial charge >= 0.3 is 0 Å². The van der Waals surface area contributed by atoms with Gasteiger partial charge in [0, 0.05) is 15.3 Å². The molecule has 0 radical (unpaired) electrons. The molecule has 0 saturated heterocycles. The third-order valence-electron chi connectivity index (χ3n) is 4.40. The van der Waals surface area contributed by atoms with Crippen LogP contribution in [-0.2, 0) is 4.79 Å². The second kappa shape index (κ2) is 8.63. The molecule has 2 aromatic heterocycles. The second-order valence-corrected chi connectivity index (χ2v) is 9.48. The van der Waals surface area contributed by atoms with Crippen LogP contribution in [0.5, 0.6) is 5.75 Å². The van der Waals surface area contributed by atoms with Crippen molar-refractivity contribution in [3.05, 3.63) is 65.4 Å². The van der Waals surface area contributed by atoms with Gasteiger partial charge in [-0.3, -0.25) is 4.79 Å². The predicted molar refractivity (Wildman–Crippen MR) is 125 cm³/mol. The van der Waals surface area contributed by atoms with Crippen LogP contribution in [0.25, 0.3) is 20.7 Å². The number of fused-ring (bicyclic) bond motifs is 1. The fourth-order valence-corrected chi connectivity index (χ4v) is 5.18. The summed E-state index contributed by atoms with van der Waals surface area (Å²) in [7, 11) is 0. The van der Waals surface area contributed by atoms with Gasteiger partial charge in [0.2, 0.25) is 5.91 Å². The molecule has 4 rings (SSSR count). The van der Waals surface area contributed by atoms with E-state index < -0.39 is 5.25 Å². The van der Waals surface area contributed by atoms with E-state index in [0.29, 0.717) is 10.8 Å². The van der Waals surface area contributed by atoms with Crippen molar-refractivity contribution in [1.29, 1.82) is 0 Å². The molecule has 0 saturated carbocycles. The number of nitrogens with one attached hydrogen (secondary N) is 1. The number of aryl methyl sites for hydroxylation is 1. The second-order valence-electron chi connectivity index (χ2n) is 6.68. The number of phenolic OH excluding ortho intramolecular Hbond substituents is 1. The van der Waals surface area contributed by atoms with Crippen LogP contribution >= 0.6 is 34.7 Å². The third-order valence-corrected chi connectivity index (χ3v) is 6.82. The summed E-state index contributed by atoms with van der Waals surface area (Å²) >= 11 is 8.93. The Morgan fingerprint density at radius 1 is 1.17 bits per heavy atom. The average molecular weight is 456 g/mol. The lowest BCUT2D eigenvalue weighted by atomic mass is 10.2. The maximum absolute atomic E-state index is 12.7. The minimum Gasteiger partial charge on any atom is -0.506 e. The number of phenols is 1. The predicted octanol–water partition coefficient (Wildman–Crippen LogP) is 6.15. The van der Waals surface area contributed by atoms with Gasteiger partial charge in [0.15, 0.2) is 0 Å². The lowest BCUT2D eigenvalue weighted by molar-refractivity contribution is -0.115. The number of halogens is 1. The van der Waals surface area contributed by atoms with Crippen LogP contribution in [0.1, 0.15) is 12.7 Å². The van der Waals surface area contributed by atoms with Crippen molar-refractivity contribution < 1.29 is 9.90 Å². The Morgan fingerprint density at radius 2 is 1.93 bits per heavy atom. The number of hydrogen-bond donors (Lipinski definition) is 2. The van der Waals surface area contributed by atoms with Crippen molar-refractivity contribution in [1.82, 2.24) is 9.97 Å². The summed E-state index contributed by atoms with van der Waals surface area (Å²) in [5.74, 6) is 0.377. The number of hydrogen-bond acceptors (Lipinski definition) is 6. The van der Waals surface area contributed by atoms with E-state index in [1.807, 2.05) is 25.1 Å². The largest absolute Gasteiger partial charge is 0.506 e. The number of benzene rings is 2. The van der Waals surface area contributed by atoms with Crippen LogP contribution in [0, 0.1) is 6.92 Å². The number of carbonyl (C=O) groups excluding carboxylic acids is 1. The number of carbonyl (C=O) groups is 1. The molecule has 0 aliphatic heterocycles. The zero-order chi connectivity index (χ0) is 21.3. The first-order valence-corrected chi connectivity index (χ1v) is 11.3. The van der Waals surface area contributed by atoms with Crippen molar-refractivity contribution in [2.24, 2.45) is 0 Å². The molecule has 5 nitrogen and oxygen atoms in total. The molecule has 30 heavy (non-hydrogen) atoms.